The smallest absolute Gasteiger partial charge is 0.200 e. The van der Waals surface area contributed by atoms with E-state index in [1.54, 1.807) is 0 Å². The highest BCUT2D eigenvalue weighted by molar-refractivity contribution is 5.25. The molecule has 1 aromatic carbocycles. The molecule has 1 aromatic rings. The molecular weight excluding hydrogens is 236 g/mol. The first kappa shape index (κ1) is 11.9. The Morgan fingerprint density at radius 3 is 2.56 bits per heavy atom. The van der Waals surface area contributed by atoms with Gasteiger partial charge in [-0.3, -0.25) is 0 Å². The van der Waals surface area contributed by atoms with Crippen molar-refractivity contribution in [2.45, 2.75) is 50.3 Å². The van der Waals surface area contributed by atoms with Gasteiger partial charge in [-0.1, -0.05) is 12.5 Å². The summed E-state index contributed by atoms with van der Waals surface area (Å²) in [4.78, 5) is 0. The molecule has 0 saturated carbocycles. The van der Waals surface area contributed by atoms with Gasteiger partial charge in [0.05, 0.1) is 0 Å². The molecule has 2 nitrogen and oxygen atoms in total. The maximum atomic E-state index is 13.5. The van der Waals surface area contributed by atoms with Crippen LogP contribution in [0.5, 0.6) is 5.75 Å². The Labute approximate surface area is 105 Å². The number of piperidine rings is 2. The van der Waals surface area contributed by atoms with Gasteiger partial charge in [-0.15, -0.1) is 0 Å². The van der Waals surface area contributed by atoms with E-state index in [1.165, 1.54) is 18.6 Å². The summed E-state index contributed by atoms with van der Waals surface area (Å²) in [7, 11) is 0. The summed E-state index contributed by atoms with van der Waals surface area (Å²) in [6, 6.07) is 5.03. The molecule has 2 aliphatic heterocycles. The molecule has 2 saturated heterocycles. The fraction of sp³-hybridized carbons (Fsp3) is 0.571. The number of fused-ring (bicyclic) bond motifs is 2. The Bertz CT molecular complexity index is 426. The van der Waals surface area contributed by atoms with Gasteiger partial charge < -0.3 is 10.1 Å². The van der Waals surface area contributed by atoms with Crippen molar-refractivity contribution in [1.82, 2.24) is 5.32 Å². The van der Waals surface area contributed by atoms with Crippen molar-refractivity contribution in [3.05, 3.63) is 29.8 Å². The van der Waals surface area contributed by atoms with Crippen molar-refractivity contribution >= 4 is 0 Å². The Kier molecular flexibility index (Phi) is 3.20. The lowest BCUT2D eigenvalue weighted by molar-refractivity contribution is 0.0886. The highest BCUT2D eigenvalue weighted by atomic mass is 19.2. The molecule has 2 heterocycles. The van der Waals surface area contributed by atoms with Crippen molar-refractivity contribution in [2.75, 3.05) is 0 Å². The van der Waals surface area contributed by atoms with Crippen molar-refractivity contribution in [2.24, 2.45) is 0 Å². The summed E-state index contributed by atoms with van der Waals surface area (Å²) in [6.07, 6.45) is 5.32. The summed E-state index contributed by atoms with van der Waals surface area (Å²) in [5.74, 6) is -1.68. The quantitative estimate of drug-likeness (QED) is 0.874. The minimum absolute atomic E-state index is 0.00199. The lowest BCUT2D eigenvalue weighted by Crippen LogP contribution is -2.51. The number of halogens is 2. The average molecular weight is 253 g/mol. The van der Waals surface area contributed by atoms with Crippen LogP contribution < -0.4 is 10.1 Å². The third kappa shape index (κ3) is 2.34. The number of ether oxygens (including phenoxy) is 1. The van der Waals surface area contributed by atoms with Crippen LogP contribution in [0.25, 0.3) is 0 Å². The lowest BCUT2D eigenvalue weighted by Gasteiger charge is -2.40. The van der Waals surface area contributed by atoms with E-state index in [4.69, 9.17) is 4.74 Å². The van der Waals surface area contributed by atoms with Gasteiger partial charge >= 0.3 is 0 Å². The van der Waals surface area contributed by atoms with Crippen LogP contribution in [0.1, 0.15) is 32.1 Å². The van der Waals surface area contributed by atoms with E-state index in [1.807, 2.05) is 0 Å². The van der Waals surface area contributed by atoms with Crippen LogP contribution in [0.4, 0.5) is 8.78 Å². The first-order chi connectivity index (χ1) is 8.72. The van der Waals surface area contributed by atoms with Crippen LogP contribution in [0.3, 0.4) is 0 Å². The SMILES string of the molecule is Fc1cccc(O[C@H]2C[C@H]3CCC[C@@H](C2)N3)c1F. The highest BCUT2D eigenvalue weighted by Gasteiger charge is 2.32. The van der Waals surface area contributed by atoms with Gasteiger partial charge in [0.2, 0.25) is 5.82 Å². The van der Waals surface area contributed by atoms with Crippen LogP contribution in [0.15, 0.2) is 18.2 Å². The molecule has 0 aromatic heterocycles. The molecule has 0 amide bonds. The summed E-state index contributed by atoms with van der Waals surface area (Å²) in [5.41, 5.74) is 0. The third-order valence-corrected chi connectivity index (χ3v) is 3.88. The lowest BCUT2D eigenvalue weighted by atomic mass is 9.85. The standard InChI is InChI=1S/C14H17F2NO/c15-12-5-2-6-13(14(12)16)18-11-7-9-3-1-4-10(8-11)17-9/h2,5-6,9-11,17H,1,3-4,7-8H2/t9-,10+,11+. The van der Waals surface area contributed by atoms with E-state index >= 15 is 0 Å². The molecule has 0 radical (unpaired) electrons. The number of hydrogen-bond acceptors (Lipinski definition) is 2. The molecular formula is C14H17F2NO. The molecule has 18 heavy (non-hydrogen) atoms. The molecule has 2 aliphatic rings. The summed E-state index contributed by atoms with van der Waals surface area (Å²) >= 11 is 0. The number of hydrogen-bond donors (Lipinski definition) is 1. The molecule has 3 atom stereocenters. The van der Waals surface area contributed by atoms with Crippen molar-refractivity contribution < 1.29 is 13.5 Å². The number of benzene rings is 1. The topological polar surface area (TPSA) is 21.3 Å². The second kappa shape index (κ2) is 4.84. The van der Waals surface area contributed by atoms with Crippen LogP contribution in [0, 0.1) is 11.6 Å². The van der Waals surface area contributed by atoms with Crippen molar-refractivity contribution in [3.63, 3.8) is 0 Å². The molecule has 1 N–H and O–H groups in total. The predicted octanol–water partition coefficient (Wildman–Crippen LogP) is 3.02. The maximum Gasteiger partial charge on any atom is 0.200 e. The molecule has 98 valence electrons. The highest BCUT2D eigenvalue weighted by Crippen LogP contribution is 2.29. The van der Waals surface area contributed by atoms with E-state index in [0.717, 1.165) is 31.7 Å². The zero-order valence-corrected chi connectivity index (χ0v) is 10.2. The van der Waals surface area contributed by atoms with Crippen LogP contribution in [0.2, 0.25) is 0 Å². The minimum atomic E-state index is -0.874. The second-order valence-electron chi connectivity index (χ2n) is 5.25. The van der Waals surface area contributed by atoms with E-state index in [-0.39, 0.29) is 11.9 Å². The van der Waals surface area contributed by atoms with Crippen LogP contribution in [-0.2, 0) is 0 Å². The first-order valence-electron chi connectivity index (χ1n) is 6.59. The molecule has 0 aliphatic carbocycles. The van der Waals surface area contributed by atoms with E-state index in [0.29, 0.717) is 12.1 Å². The van der Waals surface area contributed by atoms with Crippen molar-refractivity contribution in [1.29, 1.82) is 0 Å². The van der Waals surface area contributed by atoms with E-state index in [2.05, 4.69) is 5.32 Å². The van der Waals surface area contributed by atoms with Gasteiger partial charge in [0, 0.05) is 12.1 Å². The monoisotopic (exact) mass is 253 g/mol. The average Bonchev–Trinajstić information content (AvgIpc) is 2.35. The summed E-state index contributed by atoms with van der Waals surface area (Å²) in [5, 5.41) is 3.55. The molecule has 2 bridgehead atoms. The first-order valence-corrected chi connectivity index (χ1v) is 6.59. The van der Waals surface area contributed by atoms with Crippen LogP contribution >= 0.6 is 0 Å². The van der Waals surface area contributed by atoms with Crippen LogP contribution in [-0.4, -0.2) is 18.2 Å². The zero-order valence-electron chi connectivity index (χ0n) is 10.2. The van der Waals surface area contributed by atoms with Gasteiger partial charge in [0.25, 0.3) is 0 Å². The third-order valence-electron chi connectivity index (χ3n) is 3.88. The minimum Gasteiger partial charge on any atom is -0.487 e. The summed E-state index contributed by atoms with van der Waals surface area (Å²) in [6.45, 7) is 0. The Morgan fingerprint density at radius 1 is 1.11 bits per heavy atom. The molecule has 0 spiro atoms. The fourth-order valence-corrected chi connectivity index (χ4v) is 3.06. The molecule has 0 unspecified atom stereocenters. The Hall–Kier alpha value is -1.16. The van der Waals surface area contributed by atoms with E-state index < -0.39 is 11.6 Å². The summed E-state index contributed by atoms with van der Waals surface area (Å²) < 4.78 is 32.3. The van der Waals surface area contributed by atoms with Gasteiger partial charge in [-0.2, -0.15) is 4.39 Å². The normalized spacial score (nSPS) is 31.1. The Morgan fingerprint density at radius 2 is 1.83 bits per heavy atom. The number of rotatable bonds is 2. The fourth-order valence-electron chi connectivity index (χ4n) is 3.06. The Balaban J connectivity index is 1.71. The molecule has 2 fully saturated rings. The predicted molar refractivity (Wildman–Crippen MR) is 64.6 cm³/mol. The van der Waals surface area contributed by atoms with Gasteiger partial charge in [0.1, 0.15) is 6.10 Å². The zero-order chi connectivity index (χ0) is 12.5. The molecule has 4 heteroatoms. The van der Waals surface area contributed by atoms with Gasteiger partial charge in [-0.05, 0) is 37.8 Å². The largest absolute Gasteiger partial charge is 0.487 e. The van der Waals surface area contributed by atoms with Crippen molar-refractivity contribution in [3.8, 4) is 5.75 Å². The van der Waals surface area contributed by atoms with Gasteiger partial charge in [-0.25, -0.2) is 4.39 Å². The number of nitrogens with one attached hydrogen (secondary N) is 1. The maximum absolute atomic E-state index is 13.5. The van der Waals surface area contributed by atoms with E-state index in [9.17, 15) is 8.78 Å². The molecule has 3 rings (SSSR count). The second-order valence-corrected chi connectivity index (χ2v) is 5.25. The van der Waals surface area contributed by atoms with Gasteiger partial charge in [0.15, 0.2) is 11.6 Å².